The van der Waals surface area contributed by atoms with Crippen molar-refractivity contribution in [2.75, 3.05) is 6.54 Å². The fourth-order valence-electron chi connectivity index (χ4n) is 5.37. The lowest BCUT2D eigenvalue weighted by molar-refractivity contribution is -0.138. The molecule has 0 radical (unpaired) electrons. The monoisotopic (exact) mass is 390 g/mol. The molecular formula is C21H27ClN2O3. The van der Waals surface area contributed by atoms with Gasteiger partial charge in [0.1, 0.15) is 6.10 Å². The van der Waals surface area contributed by atoms with E-state index in [-0.39, 0.29) is 17.7 Å². The summed E-state index contributed by atoms with van der Waals surface area (Å²) in [4.78, 5) is 26.9. The van der Waals surface area contributed by atoms with E-state index < -0.39 is 0 Å². The maximum absolute atomic E-state index is 12.5. The van der Waals surface area contributed by atoms with Gasteiger partial charge in [-0.25, -0.2) is 4.79 Å². The number of hydrogen-bond acceptors (Lipinski definition) is 3. The highest BCUT2D eigenvalue weighted by atomic mass is 35.5. The smallest absolute Gasteiger partial charge is 0.407 e. The molecule has 1 spiro atoms. The van der Waals surface area contributed by atoms with E-state index in [2.05, 4.69) is 10.2 Å². The molecule has 0 bridgehead atoms. The van der Waals surface area contributed by atoms with Crippen LogP contribution in [0, 0.1) is 5.92 Å². The summed E-state index contributed by atoms with van der Waals surface area (Å²) in [7, 11) is 0. The number of alkyl carbamates (subject to hydrolysis) is 1. The van der Waals surface area contributed by atoms with Gasteiger partial charge >= 0.3 is 6.09 Å². The number of benzene rings is 1. The Balaban J connectivity index is 1.34. The Hall–Kier alpha value is -1.75. The Bertz CT molecular complexity index is 725. The summed E-state index contributed by atoms with van der Waals surface area (Å²) in [6, 6.07) is 7.44. The molecule has 3 fully saturated rings. The van der Waals surface area contributed by atoms with Gasteiger partial charge in [0.2, 0.25) is 5.91 Å². The predicted molar refractivity (Wildman–Crippen MR) is 103 cm³/mol. The molecule has 2 aliphatic heterocycles. The minimum Gasteiger partial charge on any atom is -0.446 e. The Labute approximate surface area is 165 Å². The molecule has 1 aliphatic carbocycles. The van der Waals surface area contributed by atoms with E-state index in [4.69, 9.17) is 16.3 Å². The third kappa shape index (κ3) is 3.79. The average Bonchev–Trinajstić information content (AvgIpc) is 3.02. The van der Waals surface area contributed by atoms with Gasteiger partial charge in [-0.3, -0.25) is 4.79 Å². The molecule has 3 atom stereocenters. The predicted octanol–water partition coefficient (Wildman–Crippen LogP) is 4.28. The number of carbonyl (C=O) groups is 2. The van der Waals surface area contributed by atoms with Gasteiger partial charge in [-0.2, -0.15) is 0 Å². The maximum atomic E-state index is 12.5. The van der Waals surface area contributed by atoms with Gasteiger partial charge in [-0.1, -0.05) is 23.7 Å². The SMILES string of the molecule is O=C(NCc1cccc(Cl)c1)O[C@H]1CC[C@@]23CCCN2C(=O)CCC[C@H]3C1. The van der Waals surface area contributed by atoms with Crippen LogP contribution in [-0.4, -0.2) is 35.1 Å². The first-order valence-electron chi connectivity index (χ1n) is 10.1. The molecule has 5 nitrogen and oxygen atoms in total. The molecule has 1 N–H and O–H groups in total. The number of halogens is 1. The molecule has 146 valence electrons. The van der Waals surface area contributed by atoms with Gasteiger partial charge < -0.3 is 15.0 Å². The number of carbonyl (C=O) groups excluding carboxylic acids is 2. The fourth-order valence-corrected chi connectivity index (χ4v) is 5.58. The Morgan fingerprint density at radius 2 is 2.19 bits per heavy atom. The molecule has 2 amide bonds. The molecule has 6 heteroatoms. The number of nitrogens with one attached hydrogen (secondary N) is 1. The first-order chi connectivity index (χ1) is 13.1. The maximum Gasteiger partial charge on any atom is 0.407 e. The van der Waals surface area contributed by atoms with Crippen LogP contribution in [0.5, 0.6) is 0 Å². The molecule has 0 aromatic heterocycles. The van der Waals surface area contributed by atoms with E-state index in [1.807, 2.05) is 24.3 Å². The lowest BCUT2D eigenvalue weighted by atomic mass is 9.69. The zero-order valence-corrected chi connectivity index (χ0v) is 16.3. The van der Waals surface area contributed by atoms with Crippen molar-refractivity contribution in [1.29, 1.82) is 0 Å². The van der Waals surface area contributed by atoms with E-state index in [0.29, 0.717) is 29.8 Å². The van der Waals surface area contributed by atoms with E-state index in [1.165, 1.54) is 0 Å². The molecule has 1 aromatic carbocycles. The molecule has 2 saturated heterocycles. The van der Waals surface area contributed by atoms with Gasteiger partial charge in [0.25, 0.3) is 0 Å². The second-order valence-electron chi connectivity index (χ2n) is 8.13. The zero-order chi connectivity index (χ0) is 18.9. The average molecular weight is 391 g/mol. The molecule has 1 saturated carbocycles. The molecule has 2 heterocycles. The number of hydrogen-bond donors (Lipinski definition) is 1. The van der Waals surface area contributed by atoms with Crippen molar-refractivity contribution in [3.8, 4) is 0 Å². The zero-order valence-electron chi connectivity index (χ0n) is 15.6. The van der Waals surface area contributed by atoms with Crippen LogP contribution >= 0.6 is 11.6 Å². The van der Waals surface area contributed by atoms with E-state index in [0.717, 1.165) is 57.1 Å². The molecular weight excluding hydrogens is 364 g/mol. The highest BCUT2D eigenvalue weighted by Crippen LogP contribution is 2.49. The minimum absolute atomic E-state index is 0.0324. The van der Waals surface area contributed by atoms with Crippen LogP contribution < -0.4 is 5.32 Å². The Morgan fingerprint density at radius 1 is 1.30 bits per heavy atom. The van der Waals surface area contributed by atoms with Crippen LogP contribution in [0.15, 0.2) is 24.3 Å². The highest BCUT2D eigenvalue weighted by molar-refractivity contribution is 6.30. The van der Waals surface area contributed by atoms with Crippen LogP contribution in [0.2, 0.25) is 5.02 Å². The first-order valence-corrected chi connectivity index (χ1v) is 10.4. The first kappa shape index (κ1) is 18.6. The molecule has 27 heavy (non-hydrogen) atoms. The van der Waals surface area contributed by atoms with Crippen LogP contribution in [-0.2, 0) is 16.1 Å². The number of ether oxygens (including phenoxy) is 1. The second-order valence-corrected chi connectivity index (χ2v) is 8.56. The summed E-state index contributed by atoms with van der Waals surface area (Å²) in [5.41, 5.74) is 0.982. The number of amides is 2. The summed E-state index contributed by atoms with van der Waals surface area (Å²) in [6.45, 7) is 1.31. The minimum atomic E-state index is -0.371. The number of rotatable bonds is 3. The lowest BCUT2D eigenvalue weighted by Crippen LogP contribution is -2.54. The van der Waals surface area contributed by atoms with Gasteiger partial charge in [0.15, 0.2) is 0 Å². The van der Waals surface area contributed by atoms with Gasteiger partial charge in [-0.05, 0) is 68.6 Å². The molecule has 3 aliphatic rings. The van der Waals surface area contributed by atoms with Gasteiger partial charge in [0.05, 0.1) is 0 Å². The standard InChI is InChI=1S/C21H27ClN2O3/c22-17-6-1-4-15(12-17)14-23-20(26)27-18-8-10-21-9-3-11-24(21)19(25)7-2-5-16(21)13-18/h1,4,6,12,16,18H,2-3,5,7-11,13-14H2,(H,23,26)/t16-,18-,21+/m0/s1. The molecule has 0 unspecified atom stereocenters. The van der Waals surface area contributed by atoms with Gasteiger partial charge in [-0.15, -0.1) is 0 Å². The van der Waals surface area contributed by atoms with Crippen LogP contribution in [0.1, 0.15) is 56.9 Å². The van der Waals surface area contributed by atoms with E-state index in [9.17, 15) is 9.59 Å². The van der Waals surface area contributed by atoms with Crippen LogP contribution in [0.4, 0.5) is 4.79 Å². The lowest BCUT2D eigenvalue weighted by Gasteiger charge is -2.48. The summed E-state index contributed by atoms with van der Waals surface area (Å²) >= 11 is 5.98. The van der Waals surface area contributed by atoms with Crippen molar-refractivity contribution in [2.24, 2.45) is 5.92 Å². The Kier molecular flexibility index (Phi) is 5.31. The second kappa shape index (κ2) is 7.70. The normalized spacial score (nSPS) is 30.3. The third-order valence-corrected chi connectivity index (χ3v) is 6.81. The van der Waals surface area contributed by atoms with Crippen LogP contribution in [0.3, 0.4) is 0 Å². The number of nitrogens with zero attached hydrogens (tertiary/aromatic N) is 1. The summed E-state index contributed by atoms with van der Waals surface area (Å²) in [6.07, 6.45) is 7.13. The van der Waals surface area contributed by atoms with Crippen LogP contribution in [0.25, 0.3) is 0 Å². The third-order valence-electron chi connectivity index (χ3n) is 6.58. The van der Waals surface area contributed by atoms with E-state index in [1.54, 1.807) is 0 Å². The Morgan fingerprint density at radius 3 is 3.04 bits per heavy atom. The summed E-state index contributed by atoms with van der Waals surface area (Å²) in [5, 5.41) is 3.48. The molecule has 4 rings (SSSR count). The van der Waals surface area contributed by atoms with Crippen molar-refractivity contribution < 1.29 is 14.3 Å². The summed E-state index contributed by atoms with van der Waals surface area (Å²) in [5.74, 6) is 0.777. The van der Waals surface area contributed by atoms with Crippen molar-refractivity contribution in [2.45, 2.75) is 69.6 Å². The van der Waals surface area contributed by atoms with Crippen molar-refractivity contribution in [3.05, 3.63) is 34.9 Å². The topological polar surface area (TPSA) is 58.6 Å². The fraction of sp³-hybridized carbons (Fsp3) is 0.619. The quantitative estimate of drug-likeness (QED) is 0.837. The summed E-state index contributed by atoms with van der Waals surface area (Å²) < 4.78 is 5.72. The van der Waals surface area contributed by atoms with E-state index >= 15 is 0 Å². The van der Waals surface area contributed by atoms with Crippen molar-refractivity contribution in [1.82, 2.24) is 10.2 Å². The largest absolute Gasteiger partial charge is 0.446 e. The highest BCUT2D eigenvalue weighted by Gasteiger charge is 2.52. The molecule has 1 aromatic rings. The van der Waals surface area contributed by atoms with Crippen molar-refractivity contribution in [3.63, 3.8) is 0 Å². The van der Waals surface area contributed by atoms with Crippen molar-refractivity contribution >= 4 is 23.6 Å². The van der Waals surface area contributed by atoms with Gasteiger partial charge in [0, 0.05) is 30.1 Å².